The number of rotatable bonds is 5. The average molecular weight is 1050 g/mol. The molecule has 0 saturated heterocycles. The fourth-order valence-corrected chi connectivity index (χ4v) is 12.0. The number of aryl methyl sites for hydroxylation is 2. The summed E-state index contributed by atoms with van der Waals surface area (Å²) >= 11 is 3.26. The number of thioether (sulfide) groups is 2. The lowest BCUT2D eigenvalue weighted by Crippen LogP contribution is -2.60. The molecule has 6 aromatic rings. The number of hydrogen-bond donors (Lipinski definition) is 1. The first-order valence-corrected chi connectivity index (χ1v) is 24.8. The van der Waals surface area contributed by atoms with Crippen molar-refractivity contribution >= 4 is 41.3 Å². The lowest BCUT2D eigenvalue weighted by molar-refractivity contribution is -0.173. The summed E-state index contributed by atoms with van der Waals surface area (Å²) < 4.78 is 91.0. The molecule has 2 amide bonds. The number of carbonyl (C=O) groups is 3. The van der Waals surface area contributed by atoms with Gasteiger partial charge in [0, 0.05) is 52.7 Å². The lowest BCUT2D eigenvalue weighted by atomic mass is 9.92. The van der Waals surface area contributed by atoms with Gasteiger partial charge in [-0.3, -0.25) is 43.3 Å². The Morgan fingerprint density at radius 3 is 1.47 bits per heavy atom. The maximum Gasteiger partial charge on any atom is 0.408 e. The smallest absolute Gasteiger partial charge is 0.408 e. The minimum absolute atomic E-state index is 0.397. The Balaban J connectivity index is 0.000000180. The number of halogens is 6. The Morgan fingerprint density at radius 1 is 0.603 bits per heavy atom. The SMILES string of the molecule is CC(=O)Oc1c2n(ccc1=O)N([C@@H]1c3ccccc3SCc3c(C)cccc31)CN([C@H](C)C(F)(F)F)C2=O.Cc1cccc2c1CSc1ccccc1[C@H]2N1CN([C@H](C)C(F)(F)F)C(=O)c2c(O)c(=O)ccn21. The van der Waals surface area contributed by atoms with Crippen LogP contribution < -0.4 is 25.6 Å². The normalized spacial score (nSPS) is 18.1. The Bertz CT molecular complexity index is 3330. The predicted molar refractivity (Wildman–Crippen MR) is 262 cm³/mol. The summed E-state index contributed by atoms with van der Waals surface area (Å²) in [6, 6.07) is 23.6. The standard InChI is InChI=1S/C27H24F3N3O4S.C25H22F3N3O3S/c1-15-7-6-9-18-20(15)13-38-22-10-5-4-8-19(22)23(18)33-14-31(16(2)27(28,29)30)26(36)24-25(37-17(3)34)21(35)11-12-32(24)33;1-14-6-5-8-16-18(14)12-35-20-9-4-3-7-17(20)21(16)31-13-29(15(2)25(26,27)28)24(34)22-23(33)19(32)10-11-30(22)31/h4-12,16,23H,13-14H2,1-3H3;3-11,15,21,33H,12-13H2,1-2H3/t16-,23+;15-,21+/m11/s1. The number of aromatic nitrogens is 2. The van der Waals surface area contributed by atoms with Crippen LogP contribution in [0.25, 0.3) is 0 Å². The van der Waals surface area contributed by atoms with E-state index in [4.69, 9.17) is 4.74 Å². The van der Waals surface area contributed by atoms with Gasteiger partial charge in [0.1, 0.15) is 25.4 Å². The van der Waals surface area contributed by atoms with Crippen LogP contribution in [-0.4, -0.2) is 79.8 Å². The molecule has 0 saturated carbocycles. The summed E-state index contributed by atoms with van der Waals surface area (Å²) in [5.41, 5.74) is 5.10. The molecule has 0 spiro atoms. The van der Waals surface area contributed by atoms with Crippen LogP contribution in [0.4, 0.5) is 26.3 Å². The highest BCUT2D eigenvalue weighted by Crippen LogP contribution is 2.46. The highest BCUT2D eigenvalue weighted by Gasteiger charge is 2.50. The molecule has 13 nitrogen and oxygen atoms in total. The number of fused-ring (bicyclic) bond motifs is 6. The number of amides is 2. The first kappa shape index (κ1) is 50.8. The quantitative estimate of drug-likeness (QED) is 0.131. The molecule has 10 rings (SSSR count). The highest BCUT2D eigenvalue weighted by atomic mass is 32.2. The van der Waals surface area contributed by atoms with E-state index in [1.54, 1.807) is 33.5 Å². The molecule has 0 fully saturated rings. The predicted octanol–water partition coefficient (Wildman–Crippen LogP) is 9.34. The zero-order valence-corrected chi connectivity index (χ0v) is 41.3. The largest absolute Gasteiger partial charge is 0.502 e. The molecule has 6 heterocycles. The third-order valence-corrected chi connectivity index (χ3v) is 15.8. The van der Waals surface area contributed by atoms with Gasteiger partial charge in [-0.1, -0.05) is 72.8 Å². The number of esters is 1. The van der Waals surface area contributed by atoms with E-state index < -0.39 is 101 Å². The number of alkyl halides is 6. The highest BCUT2D eigenvalue weighted by molar-refractivity contribution is 7.98. The minimum atomic E-state index is -4.73. The molecule has 4 aliphatic heterocycles. The molecule has 2 aromatic heterocycles. The van der Waals surface area contributed by atoms with Crippen molar-refractivity contribution in [3.05, 3.63) is 186 Å². The van der Waals surface area contributed by atoms with Gasteiger partial charge in [-0.25, -0.2) is 0 Å². The van der Waals surface area contributed by atoms with Crippen LogP contribution in [0.5, 0.6) is 11.5 Å². The molecule has 4 aliphatic rings. The number of nitrogens with zero attached hydrogens (tertiary/aromatic N) is 6. The topological polar surface area (TPSA) is 138 Å². The molecule has 1 N–H and O–H groups in total. The monoisotopic (exact) mass is 1040 g/mol. The second-order valence-corrected chi connectivity index (χ2v) is 19.9. The molecule has 4 atom stereocenters. The van der Waals surface area contributed by atoms with E-state index in [2.05, 4.69) is 0 Å². The first-order chi connectivity index (χ1) is 34.6. The van der Waals surface area contributed by atoms with Crippen molar-refractivity contribution in [3.8, 4) is 11.5 Å². The fraction of sp³-hybridized carbons (Fsp3) is 0.288. The van der Waals surface area contributed by atoms with Gasteiger partial charge in [0.05, 0.1) is 12.1 Å². The van der Waals surface area contributed by atoms with Crippen molar-refractivity contribution < 1.29 is 50.6 Å². The second kappa shape index (κ2) is 19.4. The number of carbonyl (C=O) groups excluding carboxylic acids is 3. The molecule has 0 aliphatic carbocycles. The fourth-order valence-electron chi connectivity index (χ4n) is 9.61. The summed E-state index contributed by atoms with van der Waals surface area (Å²) in [4.78, 5) is 66.7. The van der Waals surface area contributed by atoms with Gasteiger partial charge in [-0.05, 0) is 84.3 Å². The molecule has 380 valence electrons. The Hall–Kier alpha value is -7.13. The van der Waals surface area contributed by atoms with Gasteiger partial charge in [0.15, 0.2) is 17.1 Å². The number of pyridine rings is 2. The molecule has 0 radical (unpaired) electrons. The van der Waals surface area contributed by atoms with E-state index in [9.17, 15) is 55.4 Å². The van der Waals surface area contributed by atoms with Crippen LogP contribution in [0.2, 0.25) is 0 Å². The Kier molecular flexibility index (Phi) is 13.5. The average Bonchev–Trinajstić information content (AvgIpc) is 3.62. The van der Waals surface area contributed by atoms with Crippen molar-refractivity contribution in [2.75, 3.05) is 23.4 Å². The molecule has 0 bridgehead atoms. The maximum absolute atomic E-state index is 14.0. The maximum atomic E-state index is 14.0. The molecule has 4 aromatic carbocycles. The third-order valence-electron chi connectivity index (χ3n) is 13.5. The van der Waals surface area contributed by atoms with E-state index >= 15 is 0 Å². The van der Waals surface area contributed by atoms with Crippen molar-refractivity contribution in [2.24, 2.45) is 0 Å². The van der Waals surface area contributed by atoms with Gasteiger partial charge in [0.2, 0.25) is 16.6 Å². The number of benzene rings is 4. The Labute approximate surface area is 422 Å². The number of ether oxygens (including phenoxy) is 1. The van der Waals surface area contributed by atoms with E-state index in [0.29, 0.717) is 21.3 Å². The van der Waals surface area contributed by atoms with Crippen LogP contribution in [0.15, 0.2) is 129 Å². The first-order valence-electron chi connectivity index (χ1n) is 22.9. The van der Waals surface area contributed by atoms with Crippen LogP contribution in [0.1, 0.15) is 98.3 Å². The van der Waals surface area contributed by atoms with Crippen molar-refractivity contribution in [2.45, 2.75) is 92.4 Å². The van der Waals surface area contributed by atoms with Crippen molar-refractivity contribution in [3.63, 3.8) is 0 Å². The summed E-state index contributed by atoms with van der Waals surface area (Å²) in [7, 11) is 0. The zero-order valence-electron chi connectivity index (χ0n) is 39.7. The van der Waals surface area contributed by atoms with Gasteiger partial charge < -0.3 is 19.6 Å². The summed E-state index contributed by atoms with van der Waals surface area (Å²) in [5, 5.41) is 13.8. The second-order valence-electron chi connectivity index (χ2n) is 17.9. The summed E-state index contributed by atoms with van der Waals surface area (Å²) in [6.45, 7) is 6.00. The third kappa shape index (κ3) is 9.21. The molecule has 21 heteroatoms. The summed E-state index contributed by atoms with van der Waals surface area (Å²) in [6.07, 6.45) is -6.75. The van der Waals surface area contributed by atoms with Gasteiger partial charge in [-0.2, -0.15) is 26.3 Å². The van der Waals surface area contributed by atoms with E-state index in [-0.39, 0.29) is 0 Å². The van der Waals surface area contributed by atoms with Gasteiger partial charge in [0.25, 0.3) is 11.8 Å². The van der Waals surface area contributed by atoms with Crippen LogP contribution in [0, 0.1) is 13.8 Å². The molecule has 73 heavy (non-hydrogen) atoms. The van der Waals surface area contributed by atoms with Crippen LogP contribution >= 0.6 is 23.5 Å². The molecular weight excluding hydrogens is 999 g/mol. The number of hydrogen-bond acceptors (Lipinski definition) is 11. The lowest BCUT2D eigenvalue weighted by Gasteiger charge is -2.46. The van der Waals surface area contributed by atoms with Gasteiger partial charge in [-0.15, -0.1) is 23.5 Å². The van der Waals surface area contributed by atoms with E-state index in [1.165, 1.54) is 21.7 Å². The van der Waals surface area contributed by atoms with Crippen molar-refractivity contribution in [1.29, 1.82) is 0 Å². The van der Waals surface area contributed by atoms with Crippen LogP contribution in [-0.2, 0) is 16.3 Å². The number of aromatic hydroxyl groups is 1. The van der Waals surface area contributed by atoms with E-state index in [0.717, 1.165) is 87.2 Å². The van der Waals surface area contributed by atoms with Crippen molar-refractivity contribution in [1.82, 2.24) is 19.2 Å². The Morgan fingerprint density at radius 2 is 1.01 bits per heavy atom. The minimum Gasteiger partial charge on any atom is -0.502 e. The zero-order chi connectivity index (χ0) is 52.4. The van der Waals surface area contributed by atoms with Crippen LogP contribution in [0.3, 0.4) is 0 Å². The summed E-state index contributed by atoms with van der Waals surface area (Å²) in [5.74, 6) is -3.12. The molecule has 0 unspecified atom stereocenters. The molecular formula is C52H46F6N6O7S2. The van der Waals surface area contributed by atoms with Gasteiger partial charge >= 0.3 is 18.3 Å². The van der Waals surface area contributed by atoms with E-state index in [1.807, 2.05) is 98.8 Å².